The number of aryl methyl sites for hydroxylation is 1. The third-order valence-corrected chi connectivity index (χ3v) is 6.60. The number of Topliss-reactive ketones (excluding diaryl/α,β-unsaturated/α-hetero) is 1. The Morgan fingerprint density at radius 3 is 2.83 bits per heavy atom. The molecule has 0 aliphatic carbocycles. The molecule has 0 radical (unpaired) electrons. The molecule has 0 fully saturated rings. The number of halogens is 1. The predicted octanol–water partition coefficient (Wildman–Crippen LogP) is 5.72. The topological polar surface area (TPSA) is 38.8 Å². The fourth-order valence-electron chi connectivity index (χ4n) is 3.85. The summed E-state index contributed by atoms with van der Waals surface area (Å²) >= 11 is 7.73. The standard InChI is InChI=1S/C24H20ClNO3S/c1-15-11-20-19(13-26(14-28-20)9-8-18-3-2-10-30-18)24-22(15)23(27)21(29-24)12-16-4-6-17(25)7-5-16/h2-7,10-12H,8-9,13-14H2,1H3/b21-12-. The molecule has 6 heteroatoms. The second-order valence-corrected chi connectivity index (χ2v) is 8.99. The van der Waals surface area contributed by atoms with Gasteiger partial charge in [0.05, 0.1) is 11.1 Å². The van der Waals surface area contributed by atoms with Crippen molar-refractivity contribution >= 4 is 34.8 Å². The van der Waals surface area contributed by atoms with Crippen molar-refractivity contribution in [1.82, 2.24) is 4.90 Å². The number of thiophene rings is 1. The molecule has 30 heavy (non-hydrogen) atoms. The van der Waals surface area contributed by atoms with Crippen molar-refractivity contribution in [2.75, 3.05) is 13.3 Å². The molecule has 0 saturated carbocycles. The van der Waals surface area contributed by atoms with Gasteiger partial charge in [-0.2, -0.15) is 0 Å². The summed E-state index contributed by atoms with van der Waals surface area (Å²) < 4.78 is 12.1. The van der Waals surface area contributed by atoms with Crippen molar-refractivity contribution in [3.63, 3.8) is 0 Å². The zero-order valence-electron chi connectivity index (χ0n) is 16.5. The van der Waals surface area contributed by atoms with Crippen molar-refractivity contribution in [2.45, 2.75) is 19.9 Å². The van der Waals surface area contributed by atoms with Gasteiger partial charge >= 0.3 is 0 Å². The molecule has 0 amide bonds. The van der Waals surface area contributed by atoms with E-state index in [4.69, 9.17) is 21.1 Å². The third kappa shape index (κ3) is 3.65. The number of carbonyl (C=O) groups excluding carboxylic acids is 1. The van der Waals surface area contributed by atoms with Crippen LogP contribution in [0.2, 0.25) is 5.02 Å². The Balaban J connectivity index is 1.42. The summed E-state index contributed by atoms with van der Waals surface area (Å²) in [7, 11) is 0. The van der Waals surface area contributed by atoms with Crippen LogP contribution < -0.4 is 9.47 Å². The van der Waals surface area contributed by atoms with E-state index in [9.17, 15) is 4.79 Å². The second kappa shape index (κ2) is 7.91. The number of fused-ring (bicyclic) bond motifs is 3. The lowest BCUT2D eigenvalue weighted by atomic mass is 9.98. The van der Waals surface area contributed by atoms with Crippen LogP contribution in [0, 0.1) is 6.92 Å². The number of rotatable bonds is 4. The van der Waals surface area contributed by atoms with Gasteiger partial charge in [0.2, 0.25) is 5.78 Å². The molecule has 2 aromatic carbocycles. The van der Waals surface area contributed by atoms with Crippen LogP contribution in [-0.2, 0) is 13.0 Å². The van der Waals surface area contributed by atoms with Crippen molar-refractivity contribution in [2.24, 2.45) is 0 Å². The van der Waals surface area contributed by atoms with E-state index in [0.29, 0.717) is 35.4 Å². The maximum Gasteiger partial charge on any atom is 0.232 e. The number of hydrogen-bond donors (Lipinski definition) is 0. The van der Waals surface area contributed by atoms with Gasteiger partial charge in [0, 0.05) is 23.0 Å². The van der Waals surface area contributed by atoms with Gasteiger partial charge < -0.3 is 9.47 Å². The Morgan fingerprint density at radius 2 is 2.07 bits per heavy atom. The molecule has 0 saturated heterocycles. The maximum absolute atomic E-state index is 13.1. The molecule has 4 nitrogen and oxygen atoms in total. The molecule has 0 bridgehead atoms. The first-order chi connectivity index (χ1) is 14.6. The zero-order chi connectivity index (χ0) is 20.7. The number of allylic oxidation sites excluding steroid dienone is 1. The Morgan fingerprint density at radius 1 is 1.23 bits per heavy atom. The van der Waals surface area contributed by atoms with E-state index in [1.54, 1.807) is 29.5 Å². The summed E-state index contributed by atoms with van der Waals surface area (Å²) in [5, 5.41) is 2.75. The Kier molecular flexibility index (Phi) is 5.11. The van der Waals surface area contributed by atoms with Gasteiger partial charge in [-0.25, -0.2) is 0 Å². The summed E-state index contributed by atoms with van der Waals surface area (Å²) in [6.07, 6.45) is 2.74. The predicted molar refractivity (Wildman–Crippen MR) is 119 cm³/mol. The van der Waals surface area contributed by atoms with E-state index in [0.717, 1.165) is 35.4 Å². The van der Waals surface area contributed by atoms with Gasteiger partial charge in [-0.3, -0.25) is 9.69 Å². The number of benzene rings is 2. The summed E-state index contributed by atoms with van der Waals surface area (Å²) in [5.74, 6) is 1.69. The highest BCUT2D eigenvalue weighted by Crippen LogP contribution is 2.44. The first-order valence-electron chi connectivity index (χ1n) is 9.82. The van der Waals surface area contributed by atoms with Crippen molar-refractivity contribution in [3.05, 3.63) is 85.8 Å². The molecule has 3 heterocycles. The van der Waals surface area contributed by atoms with Crippen LogP contribution in [0.1, 0.15) is 31.9 Å². The lowest BCUT2D eigenvalue weighted by Gasteiger charge is -2.30. The number of nitrogens with zero attached hydrogens (tertiary/aromatic N) is 1. The average molecular weight is 438 g/mol. The van der Waals surface area contributed by atoms with E-state index >= 15 is 0 Å². The molecule has 1 aromatic heterocycles. The molecule has 152 valence electrons. The molecule has 0 unspecified atom stereocenters. The lowest BCUT2D eigenvalue weighted by Crippen LogP contribution is -2.33. The molecule has 0 N–H and O–H groups in total. The highest BCUT2D eigenvalue weighted by Gasteiger charge is 2.35. The van der Waals surface area contributed by atoms with Crippen molar-refractivity contribution in [1.29, 1.82) is 0 Å². The van der Waals surface area contributed by atoms with Crippen LogP contribution in [-0.4, -0.2) is 24.0 Å². The van der Waals surface area contributed by atoms with Crippen LogP contribution >= 0.6 is 22.9 Å². The molecular weight excluding hydrogens is 418 g/mol. The fourth-order valence-corrected chi connectivity index (χ4v) is 4.68. The highest BCUT2D eigenvalue weighted by molar-refractivity contribution is 7.09. The Bertz CT molecular complexity index is 1140. The minimum Gasteiger partial charge on any atom is -0.478 e. The fraction of sp³-hybridized carbons (Fsp3) is 0.208. The van der Waals surface area contributed by atoms with Gasteiger partial charge in [0.15, 0.2) is 5.76 Å². The quantitative estimate of drug-likeness (QED) is 0.489. The highest BCUT2D eigenvalue weighted by atomic mass is 35.5. The van der Waals surface area contributed by atoms with Crippen LogP contribution in [0.5, 0.6) is 11.5 Å². The molecule has 0 atom stereocenters. The van der Waals surface area contributed by atoms with Crippen molar-refractivity contribution in [3.8, 4) is 11.5 Å². The molecule has 2 aliphatic heterocycles. The zero-order valence-corrected chi connectivity index (χ0v) is 18.1. The summed E-state index contributed by atoms with van der Waals surface area (Å²) in [4.78, 5) is 16.7. The maximum atomic E-state index is 13.1. The Labute approximate surface area is 184 Å². The van der Waals surface area contributed by atoms with Crippen LogP contribution in [0.25, 0.3) is 6.08 Å². The normalized spacial score (nSPS) is 16.9. The van der Waals surface area contributed by atoms with Gasteiger partial charge in [-0.05, 0) is 60.2 Å². The second-order valence-electron chi connectivity index (χ2n) is 7.52. The smallest absolute Gasteiger partial charge is 0.232 e. The molecule has 0 spiro atoms. The summed E-state index contributed by atoms with van der Waals surface area (Å²) in [6, 6.07) is 13.5. The SMILES string of the molecule is Cc1cc2c(c3c1C(=O)/C(=C/c1ccc(Cl)cc1)O3)CN(CCc1cccs1)CO2. The number of hydrogen-bond acceptors (Lipinski definition) is 5. The van der Waals surface area contributed by atoms with E-state index in [-0.39, 0.29) is 5.78 Å². The molecular formula is C24H20ClNO3S. The Hall–Kier alpha value is -2.60. The monoisotopic (exact) mass is 437 g/mol. The van der Waals surface area contributed by atoms with Gasteiger partial charge in [-0.15, -0.1) is 11.3 Å². The van der Waals surface area contributed by atoms with Crippen LogP contribution in [0.3, 0.4) is 0 Å². The van der Waals surface area contributed by atoms with E-state index in [1.165, 1.54) is 4.88 Å². The van der Waals surface area contributed by atoms with E-state index < -0.39 is 0 Å². The average Bonchev–Trinajstić information content (AvgIpc) is 3.37. The largest absolute Gasteiger partial charge is 0.478 e. The van der Waals surface area contributed by atoms with Gasteiger partial charge in [0.1, 0.15) is 18.2 Å². The lowest BCUT2D eigenvalue weighted by molar-refractivity contribution is 0.0951. The van der Waals surface area contributed by atoms with E-state index in [1.807, 2.05) is 25.1 Å². The molecule has 5 rings (SSSR count). The van der Waals surface area contributed by atoms with Crippen molar-refractivity contribution < 1.29 is 14.3 Å². The number of ether oxygens (including phenoxy) is 2. The van der Waals surface area contributed by atoms with Gasteiger partial charge in [-0.1, -0.05) is 29.8 Å². The summed E-state index contributed by atoms with van der Waals surface area (Å²) in [5.41, 5.74) is 3.33. The third-order valence-electron chi connectivity index (χ3n) is 5.41. The summed E-state index contributed by atoms with van der Waals surface area (Å²) in [6.45, 7) is 4.06. The van der Waals surface area contributed by atoms with Crippen LogP contribution in [0.4, 0.5) is 0 Å². The first-order valence-corrected chi connectivity index (χ1v) is 11.1. The first kappa shape index (κ1) is 19.4. The molecule has 2 aliphatic rings. The number of ketones is 1. The van der Waals surface area contributed by atoms with E-state index in [2.05, 4.69) is 22.4 Å². The molecule has 3 aromatic rings. The minimum absolute atomic E-state index is 0.0871. The minimum atomic E-state index is -0.0871. The van der Waals surface area contributed by atoms with Crippen LogP contribution in [0.15, 0.2) is 53.6 Å². The number of carbonyl (C=O) groups is 1. The van der Waals surface area contributed by atoms with Gasteiger partial charge in [0.25, 0.3) is 0 Å².